The van der Waals surface area contributed by atoms with Gasteiger partial charge in [0.15, 0.2) is 0 Å². The third-order valence-electron chi connectivity index (χ3n) is 4.58. The first-order valence-corrected chi connectivity index (χ1v) is 10.1. The number of carbonyl (C=O) groups is 1. The minimum absolute atomic E-state index is 0.137. The molecule has 2 aromatic heterocycles. The lowest BCUT2D eigenvalue weighted by atomic mass is 10.1. The van der Waals surface area contributed by atoms with Gasteiger partial charge >= 0.3 is 6.18 Å². The van der Waals surface area contributed by atoms with Crippen LogP contribution in [0.4, 0.5) is 13.2 Å². The van der Waals surface area contributed by atoms with Gasteiger partial charge in [-0.1, -0.05) is 48.6 Å². The van der Waals surface area contributed by atoms with Crippen molar-refractivity contribution in [2.75, 3.05) is 0 Å². The number of aryl methyl sites for hydroxylation is 1. The highest BCUT2D eigenvalue weighted by Gasteiger charge is 2.30. The highest BCUT2D eigenvalue weighted by atomic mass is 32.1. The van der Waals surface area contributed by atoms with Gasteiger partial charge in [0.2, 0.25) is 4.96 Å². The van der Waals surface area contributed by atoms with E-state index in [1.54, 1.807) is 4.52 Å². The van der Waals surface area contributed by atoms with Crippen LogP contribution in [0.1, 0.15) is 33.5 Å². The van der Waals surface area contributed by atoms with E-state index in [-0.39, 0.29) is 12.1 Å². The zero-order valence-corrected chi connectivity index (χ0v) is 16.7. The van der Waals surface area contributed by atoms with Crippen molar-refractivity contribution in [1.82, 2.24) is 19.9 Å². The molecule has 5 nitrogen and oxygen atoms in total. The molecule has 0 bridgehead atoms. The van der Waals surface area contributed by atoms with Gasteiger partial charge in [0, 0.05) is 11.1 Å². The van der Waals surface area contributed by atoms with Crippen molar-refractivity contribution >= 4 is 22.2 Å². The molecule has 0 atom stereocenters. The summed E-state index contributed by atoms with van der Waals surface area (Å²) in [5.74, 6) is -0.469. The van der Waals surface area contributed by atoms with Gasteiger partial charge in [-0.05, 0) is 30.7 Å². The normalized spacial score (nSPS) is 11.7. The predicted molar refractivity (Wildman–Crippen MR) is 108 cm³/mol. The van der Waals surface area contributed by atoms with Gasteiger partial charge in [-0.15, -0.1) is 0 Å². The number of halogens is 3. The highest BCUT2D eigenvalue weighted by Crippen LogP contribution is 2.29. The Hall–Kier alpha value is -3.20. The van der Waals surface area contributed by atoms with Crippen LogP contribution < -0.4 is 5.32 Å². The fraction of sp³-hybridized carbons (Fsp3) is 0.190. The summed E-state index contributed by atoms with van der Waals surface area (Å²) in [4.78, 5) is 17.9. The predicted octanol–water partition coefficient (Wildman–Crippen LogP) is 4.97. The smallest absolute Gasteiger partial charge is 0.346 e. The van der Waals surface area contributed by atoms with Gasteiger partial charge < -0.3 is 5.32 Å². The molecule has 0 unspecified atom stereocenters. The van der Waals surface area contributed by atoms with Crippen LogP contribution in [0.3, 0.4) is 0 Å². The number of alkyl halides is 3. The first-order valence-electron chi connectivity index (χ1n) is 9.25. The zero-order valence-electron chi connectivity index (χ0n) is 15.9. The molecule has 0 spiro atoms. The number of nitrogens with one attached hydrogen (secondary N) is 1. The van der Waals surface area contributed by atoms with Gasteiger partial charge in [-0.3, -0.25) is 4.79 Å². The molecule has 0 saturated heterocycles. The molecule has 2 heterocycles. The van der Waals surface area contributed by atoms with Crippen molar-refractivity contribution < 1.29 is 18.0 Å². The average molecular weight is 430 g/mol. The molecule has 0 radical (unpaired) electrons. The number of rotatable bonds is 5. The Bertz CT molecular complexity index is 1180. The Morgan fingerprint density at radius 3 is 2.43 bits per heavy atom. The minimum Gasteiger partial charge on any atom is -0.346 e. The number of aromatic nitrogens is 3. The number of carbonyl (C=O) groups excluding carboxylic acids is 1. The van der Waals surface area contributed by atoms with E-state index < -0.39 is 17.6 Å². The largest absolute Gasteiger partial charge is 0.416 e. The summed E-state index contributed by atoms with van der Waals surface area (Å²) in [5.41, 5.74) is 1.68. The number of benzene rings is 2. The van der Waals surface area contributed by atoms with Gasteiger partial charge in [0.1, 0.15) is 5.01 Å². The molecule has 1 amide bonds. The van der Waals surface area contributed by atoms with Crippen LogP contribution in [-0.4, -0.2) is 20.5 Å². The Balaban J connectivity index is 1.61. The second kappa shape index (κ2) is 7.91. The lowest BCUT2D eigenvalue weighted by Crippen LogP contribution is -2.24. The molecule has 4 aromatic rings. The summed E-state index contributed by atoms with van der Waals surface area (Å²) in [7, 11) is 0. The van der Waals surface area contributed by atoms with Crippen LogP contribution in [0.15, 0.2) is 54.6 Å². The van der Waals surface area contributed by atoms with Crippen molar-refractivity contribution in [3.05, 3.63) is 76.4 Å². The van der Waals surface area contributed by atoms with E-state index in [4.69, 9.17) is 0 Å². The van der Waals surface area contributed by atoms with Crippen LogP contribution in [0.25, 0.3) is 16.2 Å². The first kappa shape index (κ1) is 20.1. The molecule has 9 heteroatoms. The second-order valence-corrected chi connectivity index (χ2v) is 7.62. The van der Waals surface area contributed by atoms with E-state index in [0.29, 0.717) is 11.4 Å². The first-order chi connectivity index (χ1) is 14.4. The van der Waals surface area contributed by atoms with Crippen LogP contribution in [-0.2, 0) is 19.1 Å². The molecule has 2 aromatic carbocycles. The van der Waals surface area contributed by atoms with Crippen LogP contribution in [0, 0.1) is 0 Å². The van der Waals surface area contributed by atoms with Crippen molar-refractivity contribution in [3.8, 4) is 11.3 Å². The van der Waals surface area contributed by atoms with Crippen LogP contribution in [0.5, 0.6) is 0 Å². The lowest BCUT2D eigenvalue weighted by Gasteiger charge is -2.09. The Morgan fingerprint density at radius 2 is 1.80 bits per heavy atom. The van der Waals surface area contributed by atoms with Crippen molar-refractivity contribution in [1.29, 1.82) is 0 Å². The number of hydrogen-bond acceptors (Lipinski definition) is 4. The molecular formula is C21H17F3N4OS. The molecule has 4 rings (SSSR count). The quantitative estimate of drug-likeness (QED) is 0.486. The summed E-state index contributed by atoms with van der Waals surface area (Å²) in [6.07, 6.45) is -3.67. The van der Waals surface area contributed by atoms with Crippen LogP contribution >= 0.6 is 11.3 Å². The van der Waals surface area contributed by atoms with E-state index >= 15 is 0 Å². The molecule has 0 aliphatic rings. The molecule has 0 fully saturated rings. The summed E-state index contributed by atoms with van der Waals surface area (Å²) in [5, 5.41) is 8.26. The van der Waals surface area contributed by atoms with E-state index in [2.05, 4.69) is 15.4 Å². The Morgan fingerprint density at radius 1 is 1.10 bits per heavy atom. The molecule has 1 N–H and O–H groups in total. The van der Waals surface area contributed by atoms with Gasteiger partial charge in [0.05, 0.1) is 23.5 Å². The number of fused-ring (bicyclic) bond motifs is 1. The lowest BCUT2D eigenvalue weighted by molar-refractivity contribution is -0.137. The van der Waals surface area contributed by atoms with Crippen molar-refractivity contribution in [2.45, 2.75) is 26.1 Å². The number of hydrogen-bond donors (Lipinski definition) is 1. The molecule has 0 saturated carbocycles. The fourth-order valence-corrected chi connectivity index (χ4v) is 3.89. The maximum Gasteiger partial charge on any atom is 0.416 e. The maximum atomic E-state index is 12.7. The molecule has 154 valence electrons. The molecule has 30 heavy (non-hydrogen) atoms. The third-order valence-corrected chi connectivity index (χ3v) is 5.63. The Labute approximate surface area is 174 Å². The molecule has 0 aliphatic heterocycles. The number of imidazole rings is 1. The standard InChI is InChI=1S/C21H17F3N4OS/c1-2-17-27-28-16(18(26-20(28)30-17)13-6-4-3-5-7-13)12-25-19(29)14-8-10-15(11-9-14)21(22,23)24/h3-11H,2,12H2,1H3,(H,25,29). The molecule has 0 aliphatic carbocycles. The van der Waals surface area contributed by atoms with Crippen molar-refractivity contribution in [2.24, 2.45) is 0 Å². The van der Waals surface area contributed by atoms with Gasteiger partial charge in [-0.2, -0.15) is 18.3 Å². The summed E-state index contributed by atoms with van der Waals surface area (Å²) in [6.45, 7) is 2.14. The second-order valence-electron chi connectivity index (χ2n) is 6.57. The summed E-state index contributed by atoms with van der Waals surface area (Å²) >= 11 is 1.48. The number of nitrogens with zero attached hydrogens (tertiary/aromatic N) is 3. The van der Waals surface area contributed by atoms with E-state index in [1.165, 1.54) is 23.5 Å². The maximum absolute atomic E-state index is 12.7. The summed E-state index contributed by atoms with van der Waals surface area (Å²) in [6, 6.07) is 13.7. The van der Waals surface area contributed by atoms with Crippen LogP contribution in [0.2, 0.25) is 0 Å². The van der Waals surface area contributed by atoms with Gasteiger partial charge in [-0.25, -0.2) is 9.50 Å². The number of amides is 1. The monoisotopic (exact) mass is 430 g/mol. The zero-order chi connectivity index (χ0) is 21.3. The SMILES string of the molecule is CCc1nn2c(CNC(=O)c3ccc(C(F)(F)F)cc3)c(-c3ccccc3)nc2s1. The third kappa shape index (κ3) is 3.93. The van der Waals surface area contributed by atoms with E-state index in [1.807, 2.05) is 37.3 Å². The topological polar surface area (TPSA) is 59.3 Å². The summed E-state index contributed by atoms with van der Waals surface area (Å²) < 4.78 is 39.9. The van der Waals surface area contributed by atoms with E-state index in [9.17, 15) is 18.0 Å². The highest BCUT2D eigenvalue weighted by molar-refractivity contribution is 7.16. The fourth-order valence-electron chi connectivity index (χ4n) is 3.04. The Kier molecular flexibility index (Phi) is 5.29. The van der Waals surface area contributed by atoms with Gasteiger partial charge in [0.25, 0.3) is 5.91 Å². The van der Waals surface area contributed by atoms with E-state index in [0.717, 1.165) is 34.1 Å². The minimum atomic E-state index is -4.44. The average Bonchev–Trinajstić information content (AvgIpc) is 3.30. The van der Waals surface area contributed by atoms with Crippen molar-refractivity contribution in [3.63, 3.8) is 0 Å². The molecular weight excluding hydrogens is 413 g/mol.